The van der Waals surface area contributed by atoms with E-state index in [0.29, 0.717) is 79.3 Å². The Hall–Kier alpha value is -6.66. The summed E-state index contributed by atoms with van der Waals surface area (Å²) in [6, 6.07) is 40.7. The molecule has 0 spiro atoms. The lowest BCUT2D eigenvalue weighted by Crippen LogP contribution is -2.62. The highest BCUT2D eigenvalue weighted by Gasteiger charge is 2.45. The molecule has 1 aliphatic heterocycles. The summed E-state index contributed by atoms with van der Waals surface area (Å²) in [5, 5.41) is 50.0. The SMILES string of the molecule is [C-]#[N+]c1ccc(Oc2ccc(B3OB(c4ccc(Cc5ccc(C#N)cc5)cc4CO)OB(c4ccc(Oc5ccc(C#N)cc5)cc4CO)O3)c(CO)c2)cc1. The lowest BCUT2D eigenvalue weighted by Gasteiger charge is -2.33. The lowest BCUT2D eigenvalue weighted by molar-refractivity contribution is 0.276. The minimum atomic E-state index is -1.09. The molecule has 1 fully saturated rings. The smallest absolute Gasteiger partial charge is 0.457 e. The molecule has 276 valence electrons. The lowest BCUT2D eigenvalue weighted by atomic mass is 9.59. The summed E-state index contributed by atoms with van der Waals surface area (Å²) < 4.78 is 31.5. The second kappa shape index (κ2) is 17.9. The van der Waals surface area contributed by atoms with Crippen molar-refractivity contribution in [3.05, 3.63) is 178 Å². The third-order valence-corrected chi connectivity index (χ3v) is 9.36. The molecule has 0 aliphatic carbocycles. The van der Waals surface area contributed by atoms with Crippen LogP contribution in [0.5, 0.6) is 23.0 Å². The molecule has 6 aromatic rings. The number of nitriles is 2. The molecule has 6 aromatic carbocycles. The maximum absolute atomic E-state index is 10.6. The number of hydrogen-bond acceptors (Lipinski definition) is 10. The van der Waals surface area contributed by atoms with Crippen molar-refractivity contribution in [3.63, 3.8) is 0 Å². The van der Waals surface area contributed by atoms with Crippen LogP contribution in [0, 0.1) is 29.2 Å². The second-order valence-corrected chi connectivity index (χ2v) is 13.1. The Morgan fingerprint density at radius 1 is 0.509 bits per heavy atom. The Labute approximate surface area is 330 Å². The number of aliphatic hydroxyl groups excluding tert-OH is 3. The van der Waals surface area contributed by atoms with E-state index in [1.807, 2.05) is 30.3 Å². The quantitative estimate of drug-likeness (QED) is 0.112. The summed E-state index contributed by atoms with van der Waals surface area (Å²) in [5.41, 5.74) is 6.51. The van der Waals surface area contributed by atoms with Crippen LogP contribution in [0.4, 0.5) is 5.69 Å². The van der Waals surface area contributed by atoms with Crippen molar-refractivity contribution in [1.29, 1.82) is 10.5 Å². The summed E-state index contributed by atoms with van der Waals surface area (Å²) in [5.74, 6) is 1.90. The fourth-order valence-electron chi connectivity index (χ4n) is 6.42. The van der Waals surface area contributed by atoms with Crippen molar-refractivity contribution in [1.82, 2.24) is 0 Å². The predicted octanol–water partition coefficient (Wildman–Crippen LogP) is 5.18. The van der Waals surface area contributed by atoms with Crippen LogP contribution in [0.1, 0.15) is 38.9 Å². The largest absolute Gasteiger partial charge is 0.467 e. The van der Waals surface area contributed by atoms with Gasteiger partial charge in [0.2, 0.25) is 0 Å². The molecule has 3 N–H and O–H groups in total. The molecule has 1 aliphatic rings. The van der Waals surface area contributed by atoms with Gasteiger partial charge in [0.25, 0.3) is 0 Å². The van der Waals surface area contributed by atoms with Gasteiger partial charge in [0, 0.05) is 0 Å². The van der Waals surface area contributed by atoms with Crippen LogP contribution < -0.4 is 25.9 Å². The summed E-state index contributed by atoms with van der Waals surface area (Å²) in [6.07, 6.45) is 0.564. The van der Waals surface area contributed by atoms with E-state index in [1.165, 1.54) is 0 Å². The number of nitrogens with zero attached hydrogens (tertiary/aromatic N) is 3. The van der Waals surface area contributed by atoms with Crippen molar-refractivity contribution >= 4 is 43.4 Å². The van der Waals surface area contributed by atoms with Crippen molar-refractivity contribution in [2.75, 3.05) is 0 Å². The van der Waals surface area contributed by atoms with Crippen LogP contribution in [0.15, 0.2) is 127 Å². The minimum absolute atomic E-state index is 0.315. The monoisotopic (exact) mass is 751 g/mol. The van der Waals surface area contributed by atoms with Crippen LogP contribution in [-0.4, -0.2) is 36.7 Å². The number of aliphatic hydroxyl groups is 3. The summed E-state index contributed by atoms with van der Waals surface area (Å²) in [4.78, 5) is 3.41. The molecule has 0 saturated carbocycles. The normalized spacial score (nSPS) is 12.4. The van der Waals surface area contributed by atoms with Gasteiger partial charge in [-0.2, -0.15) is 10.5 Å². The van der Waals surface area contributed by atoms with Crippen LogP contribution in [0.25, 0.3) is 4.85 Å². The maximum Gasteiger partial charge on any atom is 0.467 e. The zero-order chi connectivity index (χ0) is 39.7. The fourth-order valence-corrected chi connectivity index (χ4v) is 6.42. The number of rotatable bonds is 12. The van der Waals surface area contributed by atoms with E-state index in [2.05, 4.69) is 17.0 Å². The topological polar surface area (TPSA) is 159 Å². The predicted molar refractivity (Wildman–Crippen MR) is 214 cm³/mol. The van der Waals surface area contributed by atoms with Crippen molar-refractivity contribution in [3.8, 4) is 35.1 Å². The first-order chi connectivity index (χ1) is 27.9. The molecule has 7 rings (SSSR count). The van der Waals surface area contributed by atoms with Crippen molar-refractivity contribution in [2.24, 2.45) is 0 Å². The van der Waals surface area contributed by atoms with E-state index in [-0.39, 0.29) is 19.8 Å². The Kier molecular flexibility index (Phi) is 12.1. The molecular weight excluding hydrogens is 719 g/mol. The van der Waals surface area contributed by atoms with Crippen LogP contribution in [0.3, 0.4) is 0 Å². The average Bonchev–Trinajstić information content (AvgIpc) is 3.26. The molecule has 14 heteroatoms. The average molecular weight is 751 g/mol. The zero-order valence-electron chi connectivity index (χ0n) is 30.4. The third kappa shape index (κ3) is 9.08. The molecule has 0 aromatic heterocycles. The van der Waals surface area contributed by atoms with Gasteiger partial charge in [-0.3, -0.25) is 0 Å². The first kappa shape index (κ1) is 38.6. The van der Waals surface area contributed by atoms with Gasteiger partial charge in [0.1, 0.15) is 23.0 Å². The highest BCUT2D eigenvalue weighted by molar-refractivity contribution is 6.87. The Morgan fingerprint density at radius 2 is 0.895 bits per heavy atom. The fraction of sp³-hybridized carbons (Fsp3) is 0.0930. The molecule has 0 radical (unpaired) electrons. The Balaban J connectivity index is 1.21. The molecule has 0 atom stereocenters. The van der Waals surface area contributed by atoms with Gasteiger partial charge in [-0.05, 0) is 123 Å². The summed E-state index contributed by atoms with van der Waals surface area (Å²) in [7, 11) is -3.24. The maximum atomic E-state index is 10.6. The summed E-state index contributed by atoms with van der Waals surface area (Å²) >= 11 is 0. The standard InChI is InChI=1S/C43H32B3N3O8/c1-49-36-9-13-38(14-10-36)54-40-16-19-43(35(23-40)28-52)46-56-44(41-17-8-32(21-33(41)26-50)20-29-2-4-30(24-47)5-3-29)55-45(57-46)42-18-15-39(22-34(42)27-51)53-37-11-6-31(25-48)7-12-37/h2-19,21-23,50-52H,20,26-28H2. The van der Waals surface area contributed by atoms with E-state index in [0.717, 1.165) is 11.1 Å². The van der Waals surface area contributed by atoms with Gasteiger partial charge >= 0.3 is 21.4 Å². The van der Waals surface area contributed by atoms with E-state index >= 15 is 0 Å². The second-order valence-electron chi connectivity index (χ2n) is 13.1. The first-order valence-corrected chi connectivity index (χ1v) is 17.9. The molecule has 1 heterocycles. The van der Waals surface area contributed by atoms with Gasteiger partial charge in [-0.15, -0.1) is 0 Å². The van der Waals surface area contributed by atoms with Gasteiger partial charge < -0.3 is 38.5 Å². The zero-order valence-corrected chi connectivity index (χ0v) is 30.4. The molecule has 11 nitrogen and oxygen atoms in total. The summed E-state index contributed by atoms with van der Waals surface area (Å²) in [6.45, 7) is 6.12. The Bertz CT molecular complexity index is 2220. The third-order valence-electron chi connectivity index (χ3n) is 9.36. The first-order valence-electron chi connectivity index (χ1n) is 17.9. The number of ether oxygens (including phenoxy) is 2. The molecular formula is C43H32B3N3O8. The van der Waals surface area contributed by atoms with Gasteiger partial charge in [0.15, 0.2) is 5.69 Å². The number of benzene rings is 6. The van der Waals surface area contributed by atoms with Gasteiger partial charge in [0.05, 0.1) is 49.7 Å². The van der Waals surface area contributed by atoms with E-state index in [9.17, 15) is 20.6 Å². The van der Waals surface area contributed by atoms with Crippen molar-refractivity contribution in [2.45, 2.75) is 26.2 Å². The molecule has 0 unspecified atom stereocenters. The molecule has 0 amide bonds. The van der Waals surface area contributed by atoms with Gasteiger partial charge in [-0.25, -0.2) is 4.85 Å². The van der Waals surface area contributed by atoms with Crippen LogP contribution in [0.2, 0.25) is 0 Å². The van der Waals surface area contributed by atoms with E-state index in [4.69, 9.17) is 35.0 Å². The molecule has 57 heavy (non-hydrogen) atoms. The van der Waals surface area contributed by atoms with Crippen LogP contribution >= 0.6 is 0 Å². The number of hydrogen-bond donors (Lipinski definition) is 3. The molecule has 0 bridgehead atoms. The van der Waals surface area contributed by atoms with Crippen LogP contribution in [-0.2, 0) is 40.0 Å². The van der Waals surface area contributed by atoms with Crippen molar-refractivity contribution < 1.29 is 38.5 Å². The molecule has 1 saturated heterocycles. The van der Waals surface area contributed by atoms with E-state index in [1.54, 1.807) is 97.1 Å². The highest BCUT2D eigenvalue weighted by Crippen LogP contribution is 2.27. The highest BCUT2D eigenvalue weighted by atomic mass is 16.7. The minimum Gasteiger partial charge on any atom is -0.457 e. The Morgan fingerprint density at radius 3 is 1.33 bits per heavy atom. The van der Waals surface area contributed by atoms with Gasteiger partial charge in [-0.1, -0.05) is 54.6 Å². The van der Waals surface area contributed by atoms with E-state index < -0.39 is 21.4 Å².